The molecule has 0 spiro atoms. The van der Waals surface area contributed by atoms with E-state index in [0.717, 1.165) is 45.3 Å². The molecular weight excluding hydrogens is 246 g/mol. The Kier molecular flexibility index (Phi) is 5.60. The lowest BCUT2D eigenvalue weighted by molar-refractivity contribution is -0.147. The summed E-state index contributed by atoms with van der Waals surface area (Å²) in [5.74, 6) is 0.00572. The lowest BCUT2D eigenvalue weighted by Crippen LogP contribution is -2.32. The zero-order chi connectivity index (χ0) is 13.7. The van der Waals surface area contributed by atoms with Gasteiger partial charge in [-0.3, -0.25) is 4.79 Å². The molecule has 5 heteroatoms. The third-order valence-electron chi connectivity index (χ3n) is 4.26. The van der Waals surface area contributed by atoms with E-state index >= 15 is 0 Å². The van der Waals surface area contributed by atoms with Gasteiger partial charge in [0, 0.05) is 19.7 Å². The summed E-state index contributed by atoms with van der Waals surface area (Å²) in [7, 11) is 3.21. The average molecular weight is 271 g/mol. The van der Waals surface area contributed by atoms with Crippen molar-refractivity contribution < 1.29 is 19.0 Å². The monoisotopic (exact) mass is 271 g/mol. The fourth-order valence-electron chi connectivity index (χ4n) is 2.97. The quantitative estimate of drug-likeness (QED) is 0.759. The molecule has 5 nitrogen and oxygen atoms in total. The van der Waals surface area contributed by atoms with Gasteiger partial charge in [-0.25, -0.2) is 0 Å². The SMILES string of the molecule is COC(=O)C1CCC(OCC2C[C@H](OC)CN2)CC1. The molecule has 0 aromatic carbocycles. The van der Waals surface area contributed by atoms with Crippen molar-refractivity contribution in [3.05, 3.63) is 0 Å². The van der Waals surface area contributed by atoms with Crippen LogP contribution < -0.4 is 5.32 Å². The highest BCUT2D eigenvalue weighted by Crippen LogP contribution is 2.27. The van der Waals surface area contributed by atoms with Gasteiger partial charge in [-0.05, 0) is 32.1 Å². The van der Waals surface area contributed by atoms with Crippen molar-refractivity contribution in [2.24, 2.45) is 5.92 Å². The molecule has 1 aliphatic carbocycles. The van der Waals surface area contributed by atoms with Crippen molar-refractivity contribution in [1.29, 1.82) is 0 Å². The summed E-state index contributed by atoms with van der Waals surface area (Å²) in [5.41, 5.74) is 0. The second-order valence-electron chi connectivity index (χ2n) is 5.53. The van der Waals surface area contributed by atoms with Crippen LogP contribution in [0, 0.1) is 5.92 Å². The van der Waals surface area contributed by atoms with E-state index in [9.17, 15) is 4.79 Å². The van der Waals surface area contributed by atoms with Gasteiger partial charge in [-0.2, -0.15) is 0 Å². The van der Waals surface area contributed by atoms with Crippen LogP contribution >= 0.6 is 0 Å². The molecule has 0 aromatic heterocycles. The molecule has 2 atom stereocenters. The second-order valence-corrected chi connectivity index (χ2v) is 5.53. The minimum atomic E-state index is -0.0705. The maximum Gasteiger partial charge on any atom is 0.308 e. The molecule has 2 aliphatic rings. The summed E-state index contributed by atoms with van der Waals surface area (Å²) < 4.78 is 16.1. The Morgan fingerprint density at radius 3 is 2.47 bits per heavy atom. The van der Waals surface area contributed by atoms with Gasteiger partial charge < -0.3 is 19.5 Å². The minimum Gasteiger partial charge on any atom is -0.469 e. The number of nitrogens with one attached hydrogen (secondary N) is 1. The van der Waals surface area contributed by atoms with Gasteiger partial charge in [0.2, 0.25) is 0 Å². The van der Waals surface area contributed by atoms with Gasteiger partial charge in [-0.1, -0.05) is 0 Å². The highest BCUT2D eigenvalue weighted by atomic mass is 16.5. The summed E-state index contributed by atoms with van der Waals surface area (Å²) in [6.07, 6.45) is 5.33. The van der Waals surface area contributed by atoms with Gasteiger partial charge >= 0.3 is 5.97 Å². The molecule has 2 fully saturated rings. The summed E-state index contributed by atoms with van der Waals surface area (Å²) in [6, 6.07) is 0.406. The maximum atomic E-state index is 11.4. The maximum absolute atomic E-state index is 11.4. The van der Waals surface area contributed by atoms with E-state index in [1.807, 2.05) is 0 Å². The molecule has 1 aliphatic heterocycles. The van der Waals surface area contributed by atoms with Gasteiger partial charge in [-0.15, -0.1) is 0 Å². The van der Waals surface area contributed by atoms with Crippen molar-refractivity contribution in [1.82, 2.24) is 5.32 Å². The molecule has 0 radical (unpaired) electrons. The van der Waals surface area contributed by atoms with Crippen molar-refractivity contribution >= 4 is 5.97 Å². The van der Waals surface area contributed by atoms with Gasteiger partial charge in [0.05, 0.1) is 31.8 Å². The number of carbonyl (C=O) groups is 1. The van der Waals surface area contributed by atoms with Crippen LogP contribution in [0.4, 0.5) is 0 Å². The zero-order valence-corrected chi connectivity index (χ0v) is 11.9. The highest BCUT2D eigenvalue weighted by molar-refractivity contribution is 5.72. The third-order valence-corrected chi connectivity index (χ3v) is 4.26. The standard InChI is InChI=1S/C14H25NO4/c1-17-13-7-11(15-8-13)9-19-12-5-3-10(4-6-12)14(16)18-2/h10-13,15H,3-9H2,1-2H3/t10?,11?,12?,13-/m0/s1. The molecule has 2 rings (SSSR count). The van der Waals surface area contributed by atoms with E-state index < -0.39 is 0 Å². The number of carbonyl (C=O) groups excluding carboxylic acids is 1. The van der Waals surface area contributed by atoms with E-state index in [-0.39, 0.29) is 11.9 Å². The number of rotatable bonds is 5. The molecule has 1 saturated heterocycles. The molecular formula is C14H25NO4. The lowest BCUT2D eigenvalue weighted by Gasteiger charge is -2.27. The first-order chi connectivity index (χ1) is 9.22. The van der Waals surface area contributed by atoms with Gasteiger partial charge in [0.1, 0.15) is 0 Å². The van der Waals surface area contributed by atoms with Crippen LogP contribution in [-0.2, 0) is 19.0 Å². The van der Waals surface area contributed by atoms with Crippen LogP contribution in [0.25, 0.3) is 0 Å². The smallest absolute Gasteiger partial charge is 0.308 e. The minimum absolute atomic E-state index is 0.0705. The first-order valence-corrected chi connectivity index (χ1v) is 7.18. The molecule has 19 heavy (non-hydrogen) atoms. The Morgan fingerprint density at radius 2 is 1.89 bits per heavy atom. The first kappa shape index (κ1) is 14.8. The summed E-state index contributed by atoms with van der Waals surface area (Å²) >= 11 is 0. The molecule has 1 unspecified atom stereocenters. The predicted molar refractivity (Wildman–Crippen MR) is 70.9 cm³/mol. The normalized spacial score (nSPS) is 35.3. The largest absolute Gasteiger partial charge is 0.469 e. The fraction of sp³-hybridized carbons (Fsp3) is 0.929. The highest BCUT2D eigenvalue weighted by Gasteiger charge is 2.29. The van der Waals surface area contributed by atoms with E-state index in [0.29, 0.717) is 18.2 Å². The Bertz CT molecular complexity index is 289. The van der Waals surface area contributed by atoms with Crippen molar-refractivity contribution in [3.8, 4) is 0 Å². The van der Waals surface area contributed by atoms with Gasteiger partial charge in [0.25, 0.3) is 0 Å². The van der Waals surface area contributed by atoms with Crippen molar-refractivity contribution in [3.63, 3.8) is 0 Å². The molecule has 110 valence electrons. The van der Waals surface area contributed by atoms with E-state index in [1.165, 1.54) is 7.11 Å². The van der Waals surface area contributed by atoms with Crippen LogP contribution in [0.5, 0.6) is 0 Å². The van der Waals surface area contributed by atoms with Crippen molar-refractivity contribution in [2.45, 2.75) is 50.4 Å². The Morgan fingerprint density at radius 1 is 1.16 bits per heavy atom. The molecule has 1 N–H and O–H groups in total. The van der Waals surface area contributed by atoms with Crippen LogP contribution in [0.3, 0.4) is 0 Å². The van der Waals surface area contributed by atoms with E-state index in [1.54, 1.807) is 7.11 Å². The number of hydrogen-bond donors (Lipinski definition) is 1. The fourth-order valence-corrected chi connectivity index (χ4v) is 2.97. The molecule has 0 bridgehead atoms. The number of ether oxygens (including phenoxy) is 3. The molecule has 0 aromatic rings. The van der Waals surface area contributed by atoms with Crippen LogP contribution in [0.2, 0.25) is 0 Å². The number of methoxy groups -OCH3 is 2. The Balaban J connectivity index is 1.62. The summed E-state index contributed by atoms with van der Waals surface area (Å²) in [5, 5.41) is 3.41. The van der Waals surface area contributed by atoms with Crippen molar-refractivity contribution in [2.75, 3.05) is 27.4 Å². The van der Waals surface area contributed by atoms with Crippen LogP contribution in [0.15, 0.2) is 0 Å². The van der Waals surface area contributed by atoms with Crippen LogP contribution in [0.1, 0.15) is 32.1 Å². The second kappa shape index (κ2) is 7.22. The molecule has 0 amide bonds. The molecule has 1 saturated carbocycles. The Hall–Kier alpha value is -0.650. The zero-order valence-electron chi connectivity index (χ0n) is 11.9. The van der Waals surface area contributed by atoms with E-state index in [2.05, 4.69) is 5.32 Å². The summed E-state index contributed by atoms with van der Waals surface area (Å²) in [4.78, 5) is 11.4. The van der Waals surface area contributed by atoms with Gasteiger partial charge in [0.15, 0.2) is 0 Å². The lowest BCUT2D eigenvalue weighted by atomic mass is 9.87. The molecule has 1 heterocycles. The number of hydrogen-bond acceptors (Lipinski definition) is 5. The third kappa shape index (κ3) is 4.16. The Labute approximate surface area is 115 Å². The number of esters is 1. The summed E-state index contributed by atoms with van der Waals surface area (Å²) in [6.45, 7) is 1.66. The average Bonchev–Trinajstić information content (AvgIpc) is 2.93. The topological polar surface area (TPSA) is 56.8 Å². The first-order valence-electron chi connectivity index (χ1n) is 7.18. The van der Waals surface area contributed by atoms with E-state index in [4.69, 9.17) is 14.2 Å². The van der Waals surface area contributed by atoms with Crippen LogP contribution in [-0.4, -0.2) is 51.6 Å². The predicted octanol–water partition coefficient (Wildman–Crippen LogP) is 1.11.